The molecule has 0 amide bonds. The molecule has 29 heavy (non-hydrogen) atoms. The molecule has 0 fully saturated rings. The lowest BCUT2D eigenvalue weighted by atomic mass is 9.77. The molecule has 1 heterocycles. The zero-order valence-corrected chi connectivity index (χ0v) is 17.4. The number of carbonyl (C=O) groups excluding carboxylic acids is 1. The molecule has 4 rings (SSSR count). The van der Waals surface area contributed by atoms with Gasteiger partial charge in [-0.2, -0.15) is 5.10 Å². The van der Waals surface area contributed by atoms with E-state index in [2.05, 4.69) is 57.4 Å². The van der Waals surface area contributed by atoms with Gasteiger partial charge in [0, 0.05) is 0 Å². The van der Waals surface area contributed by atoms with Gasteiger partial charge in [0.1, 0.15) is 5.54 Å². The van der Waals surface area contributed by atoms with E-state index in [1.54, 1.807) is 10.9 Å². The summed E-state index contributed by atoms with van der Waals surface area (Å²) >= 11 is 3.48. The highest BCUT2D eigenvalue weighted by Crippen LogP contribution is 2.42. The highest BCUT2D eigenvalue weighted by Gasteiger charge is 2.42. The Hall–Kier alpha value is -3.18. The second-order valence-electron chi connectivity index (χ2n) is 6.55. The van der Waals surface area contributed by atoms with Crippen LogP contribution >= 0.6 is 15.9 Å². The van der Waals surface area contributed by atoms with Crippen LogP contribution in [0.3, 0.4) is 0 Å². The molecule has 5 heteroatoms. The normalized spacial score (nSPS) is 11.2. The molecule has 0 aliphatic heterocycles. The molecule has 0 bridgehead atoms. The van der Waals surface area contributed by atoms with Crippen LogP contribution in [0.15, 0.2) is 102 Å². The minimum Gasteiger partial charge on any atom is -0.464 e. The molecule has 0 aliphatic carbocycles. The monoisotopic (exact) mass is 446 g/mol. The van der Waals surface area contributed by atoms with Crippen LogP contribution in [0.5, 0.6) is 0 Å². The molecule has 144 valence electrons. The first-order chi connectivity index (χ1) is 14.2. The van der Waals surface area contributed by atoms with Crippen molar-refractivity contribution in [3.63, 3.8) is 0 Å². The molecule has 0 unspecified atom stereocenters. The molecule has 4 aromatic rings. The van der Waals surface area contributed by atoms with Crippen molar-refractivity contribution >= 4 is 21.9 Å². The molecule has 4 nitrogen and oxygen atoms in total. The van der Waals surface area contributed by atoms with E-state index in [4.69, 9.17) is 4.74 Å². The number of ether oxygens (including phenoxy) is 1. The maximum absolute atomic E-state index is 12.7. The van der Waals surface area contributed by atoms with Crippen LogP contribution in [0.2, 0.25) is 0 Å². The molecular weight excluding hydrogens is 428 g/mol. The highest BCUT2D eigenvalue weighted by molar-refractivity contribution is 9.10. The summed E-state index contributed by atoms with van der Waals surface area (Å²) in [6, 6.07) is 30.2. The summed E-state index contributed by atoms with van der Waals surface area (Å²) in [5, 5.41) is 4.66. The molecule has 0 saturated carbocycles. The maximum Gasteiger partial charge on any atom is 0.357 e. The maximum atomic E-state index is 12.7. The smallest absolute Gasteiger partial charge is 0.357 e. The average molecular weight is 447 g/mol. The zero-order valence-electron chi connectivity index (χ0n) is 15.8. The lowest BCUT2D eigenvalue weighted by molar-refractivity contribution is 0.0581. The fourth-order valence-corrected chi connectivity index (χ4v) is 4.19. The molecule has 0 atom stereocenters. The SMILES string of the molecule is COC(=O)c1c(Br)cnn1C(c1ccccc1)(c1ccccc1)c1ccccc1. The second kappa shape index (κ2) is 8.05. The van der Waals surface area contributed by atoms with Crippen LogP contribution in [0, 0.1) is 0 Å². The Bertz CT molecular complexity index is 1010. The molecular formula is C24H19BrN2O2. The van der Waals surface area contributed by atoms with E-state index in [0.717, 1.165) is 16.7 Å². The van der Waals surface area contributed by atoms with Crippen LogP contribution in [0.25, 0.3) is 0 Å². The van der Waals surface area contributed by atoms with Gasteiger partial charge in [0.25, 0.3) is 0 Å². The summed E-state index contributed by atoms with van der Waals surface area (Å²) in [5.74, 6) is -0.457. The third-order valence-electron chi connectivity index (χ3n) is 5.00. The number of esters is 1. The highest BCUT2D eigenvalue weighted by atomic mass is 79.9. The summed E-state index contributed by atoms with van der Waals surface area (Å²) in [4.78, 5) is 12.7. The average Bonchev–Trinajstić information content (AvgIpc) is 3.18. The largest absolute Gasteiger partial charge is 0.464 e. The third-order valence-corrected chi connectivity index (χ3v) is 5.58. The number of nitrogens with zero attached hydrogens (tertiary/aromatic N) is 2. The number of benzene rings is 3. The van der Waals surface area contributed by atoms with Crippen molar-refractivity contribution in [1.29, 1.82) is 0 Å². The van der Waals surface area contributed by atoms with E-state index in [0.29, 0.717) is 10.2 Å². The first kappa shape index (κ1) is 19.2. The van der Waals surface area contributed by atoms with Crippen LogP contribution in [0.4, 0.5) is 0 Å². The van der Waals surface area contributed by atoms with Gasteiger partial charge in [0.15, 0.2) is 5.69 Å². The van der Waals surface area contributed by atoms with Crippen molar-refractivity contribution in [2.45, 2.75) is 5.54 Å². The fraction of sp³-hybridized carbons (Fsp3) is 0.0833. The quantitative estimate of drug-likeness (QED) is 0.309. The first-order valence-corrected chi connectivity index (χ1v) is 9.97. The third kappa shape index (κ3) is 3.17. The summed E-state index contributed by atoms with van der Waals surface area (Å²) in [5.41, 5.74) is 2.44. The van der Waals surface area contributed by atoms with Gasteiger partial charge in [-0.3, -0.25) is 0 Å². The molecule has 0 spiro atoms. The Kier molecular flexibility index (Phi) is 5.32. The van der Waals surface area contributed by atoms with E-state index < -0.39 is 11.5 Å². The summed E-state index contributed by atoms with van der Waals surface area (Å²) in [6.45, 7) is 0. The van der Waals surface area contributed by atoms with Crippen molar-refractivity contribution in [2.24, 2.45) is 0 Å². The first-order valence-electron chi connectivity index (χ1n) is 9.18. The van der Waals surface area contributed by atoms with Crippen molar-refractivity contribution in [2.75, 3.05) is 7.11 Å². The van der Waals surface area contributed by atoms with Gasteiger partial charge in [-0.25, -0.2) is 9.48 Å². The number of rotatable bonds is 5. The zero-order chi connectivity index (χ0) is 20.3. The van der Waals surface area contributed by atoms with E-state index in [1.165, 1.54) is 7.11 Å². The number of hydrogen-bond acceptors (Lipinski definition) is 3. The van der Waals surface area contributed by atoms with E-state index in [1.807, 2.05) is 54.6 Å². The van der Waals surface area contributed by atoms with Crippen molar-refractivity contribution < 1.29 is 9.53 Å². The van der Waals surface area contributed by atoms with Crippen molar-refractivity contribution in [3.05, 3.63) is 124 Å². The standard InChI is InChI=1S/C24H19BrN2O2/c1-29-23(28)22-21(25)17-26-27(22)24(18-11-5-2-6-12-18,19-13-7-3-8-14-19)20-15-9-4-10-16-20/h2-17H,1H3. The number of hydrogen-bond donors (Lipinski definition) is 0. The van der Waals surface area contributed by atoms with Gasteiger partial charge in [-0.1, -0.05) is 91.0 Å². The number of halogens is 1. The molecule has 0 N–H and O–H groups in total. The Morgan fingerprint density at radius 3 is 1.62 bits per heavy atom. The van der Waals surface area contributed by atoms with Crippen LogP contribution in [-0.4, -0.2) is 22.9 Å². The van der Waals surface area contributed by atoms with Gasteiger partial charge in [0.05, 0.1) is 17.8 Å². The summed E-state index contributed by atoms with van der Waals surface area (Å²) < 4.78 is 7.42. The molecule has 3 aromatic carbocycles. The number of methoxy groups -OCH3 is 1. The Labute approximate surface area is 177 Å². The van der Waals surface area contributed by atoms with Crippen LogP contribution < -0.4 is 0 Å². The molecule has 0 radical (unpaired) electrons. The van der Waals surface area contributed by atoms with Gasteiger partial charge in [-0.05, 0) is 32.6 Å². The van der Waals surface area contributed by atoms with Crippen molar-refractivity contribution in [3.8, 4) is 0 Å². The molecule has 1 aromatic heterocycles. The Morgan fingerprint density at radius 1 is 0.828 bits per heavy atom. The predicted molar refractivity (Wildman–Crippen MR) is 116 cm³/mol. The minimum atomic E-state index is -0.862. The Morgan fingerprint density at radius 2 is 1.24 bits per heavy atom. The van der Waals surface area contributed by atoms with Crippen molar-refractivity contribution in [1.82, 2.24) is 9.78 Å². The summed E-state index contributed by atoms with van der Waals surface area (Å²) in [7, 11) is 1.38. The minimum absolute atomic E-state index is 0.351. The fourth-order valence-electron chi connectivity index (χ4n) is 3.77. The van der Waals surface area contributed by atoms with E-state index in [-0.39, 0.29) is 0 Å². The summed E-state index contributed by atoms with van der Waals surface area (Å²) in [6.07, 6.45) is 1.63. The van der Waals surface area contributed by atoms with Gasteiger partial charge < -0.3 is 4.74 Å². The predicted octanol–water partition coefficient (Wildman–Crippen LogP) is 5.27. The Balaban J connectivity index is 2.18. The van der Waals surface area contributed by atoms with E-state index >= 15 is 0 Å². The lowest BCUT2D eigenvalue weighted by Crippen LogP contribution is -2.40. The van der Waals surface area contributed by atoms with Gasteiger partial charge in [0.2, 0.25) is 0 Å². The lowest BCUT2D eigenvalue weighted by Gasteiger charge is -2.37. The molecule has 0 aliphatic rings. The second-order valence-corrected chi connectivity index (χ2v) is 7.41. The molecule has 0 saturated heterocycles. The van der Waals surface area contributed by atoms with Crippen LogP contribution in [0.1, 0.15) is 27.2 Å². The van der Waals surface area contributed by atoms with Crippen LogP contribution in [-0.2, 0) is 10.3 Å². The number of carbonyl (C=O) groups is 1. The van der Waals surface area contributed by atoms with Gasteiger partial charge in [-0.15, -0.1) is 0 Å². The van der Waals surface area contributed by atoms with Gasteiger partial charge >= 0.3 is 5.97 Å². The van der Waals surface area contributed by atoms with E-state index in [9.17, 15) is 4.79 Å². The topological polar surface area (TPSA) is 44.1 Å². The number of aromatic nitrogens is 2.